The number of halogens is 3. The standard InChI is InChI=1S/C27H26F3N2O4S/c28-27(29,30)20-37(33,34)32(15-7-10-22(17-31)18-32)23-11-6-12-24(16-23)36-26-14-5-4-13-25(26)35-19-21-8-2-1-3-9-21/h1-14,16,18H,15,17,19-20,31H2/q+1. The molecule has 1 aliphatic rings. The number of quaternary nitrogens is 1. The molecule has 1 aliphatic heterocycles. The highest BCUT2D eigenvalue weighted by molar-refractivity contribution is 7.91. The lowest BCUT2D eigenvalue weighted by molar-refractivity contribution is -0.106. The Hall–Kier alpha value is -3.60. The van der Waals surface area contributed by atoms with Crippen molar-refractivity contribution in [3.63, 3.8) is 0 Å². The van der Waals surface area contributed by atoms with Crippen molar-refractivity contribution >= 4 is 15.7 Å². The van der Waals surface area contributed by atoms with Crippen molar-refractivity contribution in [3.05, 3.63) is 108 Å². The Morgan fingerprint density at radius 1 is 0.919 bits per heavy atom. The number of para-hydroxylation sites is 2. The first-order chi connectivity index (χ1) is 17.6. The smallest absolute Gasteiger partial charge is 0.408 e. The van der Waals surface area contributed by atoms with E-state index in [1.807, 2.05) is 30.3 Å². The van der Waals surface area contributed by atoms with Crippen LogP contribution >= 0.6 is 0 Å². The van der Waals surface area contributed by atoms with E-state index in [-0.39, 0.29) is 24.5 Å². The summed E-state index contributed by atoms with van der Waals surface area (Å²) < 4.78 is 77.1. The molecule has 0 saturated carbocycles. The summed E-state index contributed by atoms with van der Waals surface area (Å²) in [6.07, 6.45) is -0.529. The Balaban J connectivity index is 1.68. The molecule has 10 heteroatoms. The maximum absolute atomic E-state index is 13.3. The van der Waals surface area contributed by atoms with Crippen LogP contribution in [0.3, 0.4) is 0 Å². The van der Waals surface area contributed by atoms with E-state index in [1.165, 1.54) is 30.5 Å². The number of ether oxygens (including phenoxy) is 2. The molecule has 0 spiro atoms. The number of alkyl halides is 3. The van der Waals surface area contributed by atoms with Gasteiger partial charge in [0.05, 0.1) is 0 Å². The molecule has 3 aromatic carbocycles. The Labute approximate surface area is 213 Å². The molecule has 1 unspecified atom stereocenters. The molecular formula is C27H26F3N2O4S+. The number of nitrogens with two attached hydrogens (primary N) is 1. The van der Waals surface area contributed by atoms with Crippen molar-refractivity contribution in [2.45, 2.75) is 12.8 Å². The lowest BCUT2D eigenvalue weighted by Crippen LogP contribution is -2.54. The highest BCUT2D eigenvalue weighted by Gasteiger charge is 2.50. The Morgan fingerprint density at radius 3 is 2.32 bits per heavy atom. The molecule has 194 valence electrons. The van der Waals surface area contributed by atoms with E-state index in [9.17, 15) is 21.6 Å². The van der Waals surface area contributed by atoms with Crippen molar-refractivity contribution in [3.8, 4) is 17.2 Å². The average molecular weight is 532 g/mol. The Morgan fingerprint density at radius 2 is 1.62 bits per heavy atom. The molecule has 0 radical (unpaired) electrons. The molecule has 0 amide bonds. The van der Waals surface area contributed by atoms with Gasteiger partial charge in [-0.3, -0.25) is 0 Å². The second-order valence-electron chi connectivity index (χ2n) is 8.45. The van der Waals surface area contributed by atoms with E-state index in [0.29, 0.717) is 23.7 Å². The van der Waals surface area contributed by atoms with E-state index >= 15 is 0 Å². The fourth-order valence-electron chi connectivity index (χ4n) is 4.00. The first-order valence-corrected chi connectivity index (χ1v) is 13.0. The Bertz CT molecular complexity index is 1410. The van der Waals surface area contributed by atoms with E-state index in [4.69, 9.17) is 15.2 Å². The van der Waals surface area contributed by atoms with E-state index in [0.717, 1.165) is 5.56 Å². The van der Waals surface area contributed by atoms with Gasteiger partial charge < -0.3 is 15.2 Å². The number of hydrogen-bond acceptors (Lipinski definition) is 5. The normalized spacial score (nSPS) is 17.8. The third-order valence-electron chi connectivity index (χ3n) is 5.73. The van der Waals surface area contributed by atoms with Crippen molar-refractivity contribution in [2.75, 3.05) is 18.8 Å². The molecule has 0 saturated heterocycles. The van der Waals surface area contributed by atoms with Crippen LogP contribution in [-0.4, -0.2) is 33.4 Å². The summed E-state index contributed by atoms with van der Waals surface area (Å²) in [5, 5.41) is 0. The number of nitrogens with zero attached hydrogens (tertiary/aromatic N) is 1. The van der Waals surface area contributed by atoms with Crippen LogP contribution in [0.25, 0.3) is 0 Å². The first-order valence-electron chi connectivity index (χ1n) is 11.4. The SMILES string of the molecule is NCC1=C[N+](c2cccc(Oc3ccccc3OCc3ccccc3)c2)(S(=O)(=O)CC(F)(F)F)CC=C1. The number of hydrogen-bond donors (Lipinski definition) is 1. The van der Waals surface area contributed by atoms with E-state index in [1.54, 1.807) is 36.4 Å². The first kappa shape index (κ1) is 26.5. The zero-order valence-electron chi connectivity index (χ0n) is 19.8. The van der Waals surface area contributed by atoms with Gasteiger partial charge in [-0.05, 0) is 29.8 Å². The third-order valence-corrected chi connectivity index (χ3v) is 7.88. The maximum atomic E-state index is 13.3. The summed E-state index contributed by atoms with van der Waals surface area (Å²) in [4.78, 5) is 0. The molecule has 37 heavy (non-hydrogen) atoms. The summed E-state index contributed by atoms with van der Waals surface area (Å²) >= 11 is 0. The molecule has 2 N–H and O–H groups in total. The second-order valence-corrected chi connectivity index (χ2v) is 10.6. The van der Waals surface area contributed by atoms with Crippen LogP contribution < -0.4 is 19.1 Å². The molecule has 1 atom stereocenters. The number of rotatable bonds is 9. The zero-order chi connectivity index (χ0) is 26.5. The minimum atomic E-state index is -4.91. The maximum Gasteiger partial charge on any atom is 0.408 e. The van der Waals surface area contributed by atoms with Gasteiger partial charge in [-0.2, -0.15) is 25.5 Å². The highest BCUT2D eigenvalue weighted by Crippen LogP contribution is 2.39. The molecular weight excluding hydrogens is 505 g/mol. The van der Waals surface area contributed by atoms with Crippen molar-refractivity contribution in [1.82, 2.24) is 3.89 Å². The lowest BCUT2D eigenvalue weighted by Gasteiger charge is -2.34. The molecule has 0 bridgehead atoms. The van der Waals surface area contributed by atoms with Crippen molar-refractivity contribution < 1.29 is 31.1 Å². The van der Waals surface area contributed by atoms with Crippen LogP contribution in [0.4, 0.5) is 18.9 Å². The topological polar surface area (TPSA) is 78.6 Å². The molecule has 0 aliphatic carbocycles. The Kier molecular flexibility index (Phi) is 7.72. The van der Waals surface area contributed by atoms with E-state index in [2.05, 4.69) is 0 Å². The molecule has 0 aromatic heterocycles. The van der Waals surface area contributed by atoms with Gasteiger partial charge in [0.15, 0.2) is 22.9 Å². The number of benzene rings is 3. The fraction of sp³-hybridized carbons (Fsp3) is 0.185. The summed E-state index contributed by atoms with van der Waals surface area (Å²) in [6, 6.07) is 22.5. The van der Waals surface area contributed by atoms with Gasteiger partial charge in [-0.1, -0.05) is 54.6 Å². The molecule has 4 rings (SSSR count). The fourth-order valence-corrected chi connectivity index (χ4v) is 5.69. The quantitative estimate of drug-likeness (QED) is 0.360. The molecule has 3 aromatic rings. The predicted octanol–water partition coefficient (Wildman–Crippen LogP) is 5.67. The highest BCUT2D eigenvalue weighted by atomic mass is 32.2. The van der Waals surface area contributed by atoms with Crippen LogP contribution in [0, 0.1) is 0 Å². The average Bonchev–Trinajstić information content (AvgIpc) is 2.87. The van der Waals surface area contributed by atoms with Gasteiger partial charge in [0.1, 0.15) is 25.1 Å². The van der Waals surface area contributed by atoms with Crippen LogP contribution in [0.1, 0.15) is 5.56 Å². The van der Waals surface area contributed by atoms with E-state index < -0.39 is 25.8 Å². The largest absolute Gasteiger partial charge is 0.485 e. The number of sulfonamides is 1. The zero-order valence-corrected chi connectivity index (χ0v) is 20.6. The summed E-state index contributed by atoms with van der Waals surface area (Å²) in [6.45, 7) is 0.0540. The summed E-state index contributed by atoms with van der Waals surface area (Å²) in [5.74, 6) is -0.914. The van der Waals surface area contributed by atoms with Crippen molar-refractivity contribution in [2.24, 2.45) is 5.73 Å². The van der Waals surface area contributed by atoms with Crippen LogP contribution in [0.2, 0.25) is 0 Å². The monoisotopic (exact) mass is 531 g/mol. The minimum Gasteiger partial charge on any atom is -0.485 e. The predicted molar refractivity (Wildman–Crippen MR) is 137 cm³/mol. The van der Waals surface area contributed by atoms with Gasteiger partial charge in [-0.15, -0.1) is 0 Å². The lowest BCUT2D eigenvalue weighted by atomic mass is 10.2. The van der Waals surface area contributed by atoms with Gasteiger partial charge in [0, 0.05) is 24.3 Å². The van der Waals surface area contributed by atoms with Crippen LogP contribution in [-0.2, 0) is 16.6 Å². The van der Waals surface area contributed by atoms with Gasteiger partial charge >= 0.3 is 16.2 Å². The van der Waals surface area contributed by atoms with Crippen LogP contribution in [0.5, 0.6) is 17.2 Å². The van der Waals surface area contributed by atoms with Crippen LogP contribution in [0.15, 0.2) is 103 Å². The molecule has 1 heterocycles. The molecule has 0 fully saturated rings. The third kappa shape index (κ3) is 6.22. The van der Waals surface area contributed by atoms with Crippen molar-refractivity contribution in [1.29, 1.82) is 0 Å². The second kappa shape index (κ2) is 10.8. The van der Waals surface area contributed by atoms with Gasteiger partial charge in [0.2, 0.25) is 0 Å². The minimum absolute atomic E-state index is 0.0274. The van der Waals surface area contributed by atoms with Gasteiger partial charge in [-0.25, -0.2) is 0 Å². The summed E-state index contributed by atoms with van der Waals surface area (Å²) in [7, 11) is -4.79. The van der Waals surface area contributed by atoms with Gasteiger partial charge in [0.25, 0.3) is 0 Å². The molecule has 6 nitrogen and oxygen atoms in total. The summed E-state index contributed by atoms with van der Waals surface area (Å²) in [5.41, 5.74) is 7.17.